The molecule has 0 spiro atoms. The Labute approximate surface area is 82.7 Å². The topological polar surface area (TPSA) is 12.0 Å². The van der Waals surface area contributed by atoms with Crippen molar-refractivity contribution in [2.24, 2.45) is 0 Å². The van der Waals surface area contributed by atoms with Gasteiger partial charge >= 0.3 is 0 Å². The van der Waals surface area contributed by atoms with Crippen molar-refractivity contribution in [3.63, 3.8) is 0 Å². The van der Waals surface area contributed by atoms with Gasteiger partial charge < -0.3 is 5.32 Å². The predicted molar refractivity (Wildman–Crippen MR) is 54.1 cm³/mol. The van der Waals surface area contributed by atoms with Crippen LogP contribution in [-0.4, -0.2) is 13.6 Å². The Morgan fingerprint density at radius 3 is 2.33 bits per heavy atom. The number of nitrogens with one attached hydrogen (secondary N) is 1. The molecule has 3 heteroatoms. The molecule has 0 aliphatic rings. The van der Waals surface area contributed by atoms with E-state index < -0.39 is 0 Å². The number of likely N-dealkylation sites (N-methyl/N-ethyl adjacent to an activating group) is 1. The van der Waals surface area contributed by atoms with Crippen LogP contribution in [0, 0.1) is 0 Å². The third kappa shape index (κ3) is 2.37. The first-order chi connectivity index (χ1) is 5.75. The third-order valence-corrected chi connectivity index (χ3v) is 2.39. The summed E-state index contributed by atoms with van der Waals surface area (Å²) in [5, 5.41) is 4.55. The van der Waals surface area contributed by atoms with E-state index in [2.05, 4.69) is 5.32 Å². The van der Waals surface area contributed by atoms with Crippen molar-refractivity contribution in [2.45, 2.75) is 6.42 Å². The molecule has 1 rings (SSSR count). The van der Waals surface area contributed by atoms with E-state index in [9.17, 15) is 0 Å². The van der Waals surface area contributed by atoms with Crippen LogP contribution in [0.3, 0.4) is 0 Å². The molecule has 0 aliphatic carbocycles. The van der Waals surface area contributed by atoms with E-state index in [0.717, 1.165) is 28.6 Å². The molecule has 12 heavy (non-hydrogen) atoms. The van der Waals surface area contributed by atoms with Gasteiger partial charge in [-0.3, -0.25) is 0 Å². The fourth-order valence-electron chi connectivity index (χ4n) is 1.02. The molecule has 66 valence electrons. The van der Waals surface area contributed by atoms with Crippen molar-refractivity contribution in [2.75, 3.05) is 13.6 Å². The first-order valence-corrected chi connectivity index (χ1v) is 4.59. The highest BCUT2D eigenvalue weighted by atomic mass is 35.5. The molecule has 0 unspecified atom stereocenters. The van der Waals surface area contributed by atoms with Crippen LogP contribution < -0.4 is 5.32 Å². The highest BCUT2D eigenvalue weighted by Gasteiger charge is 2.03. The van der Waals surface area contributed by atoms with Crippen LogP contribution in [0.25, 0.3) is 0 Å². The summed E-state index contributed by atoms with van der Waals surface area (Å²) in [4.78, 5) is 0. The second-order valence-corrected chi connectivity index (χ2v) is 3.37. The standard InChI is InChI=1S/C9H11Cl2N/c1-12-6-5-7-8(10)3-2-4-9(7)11/h2-4,12H,5-6H2,1H3. The number of hydrogen-bond donors (Lipinski definition) is 1. The maximum Gasteiger partial charge on any atom is 0.0453 e. The molecule has 0 aliphatic heterocycles. The SMILES string of the molecule is CNCCc1c(Cl)cccc1Cl. The monoisotopic (exact) mass is 203 g/mol. The maximum absolute atomic E-state index is 5.95. The minimum absolute atomic E-state index is 0.748. The minimum Gasteiger partial charge on any atom is -0.319 e. The molecule has 1 aromatic rings. The lowest BCUT2D eigenvalue weighted by atomic mass is 10.1. The summed E-state index contributed by atoms with van der Waals surface area (Å²) in [6.07, 6.45) is 0.870. The van der Waals surface area contributed by atoms with Crippen LogP contribution in [-0.2, 0) is 6.42 Å². The third-order valence-electron chi connectivity index (χ3n) is 1.69. The van der Waals surface area contributed by atoms with Crippen LogP contribution in [0.5, 0.6) is 0 Å². The molecule has 1 nitrogen and oxygen atoms in total. The van der Waals surface area contributed by atoms with Crippen molar-refractivity contribution >= 4 is 23.2 Å². The molecule has 1 aromatic carbocycles. The second-order valence-electron chi connectivity index (χ2n) is 2.55. The Balaban J connectivity index is 2.81. The lowest BCUT2D eigenvalue weighted by molar-refractivity contribution is 0.792. The fraction of sp³-hybridized carbons (Fsp3) is 0.333. The normalized spacial score (nSPS) is 10.2. The summed E-state index contributed by atoms with van der Waals surface area (Å²) in [6, 6.07) is 5.57. The first-order valence-electron chi connectivity index (χ1n) is 3.83. The lowest BCUT2D eigenvalue weighted by Gasteiger charge is -2.05. The van der Waals surface area contributed by atoms with Crippen molar-refractivity contribution < 1.29 is 0 Å². The molecule has 0 saturated carbocycles. The highest BCUT2D eigenvalue weighted by Crippen LogP contribution is 2.24. The lowest BCUT2D eigenvalue weighted by Crippen LogP contribution is -2.10. The predicted octanol–water partition coefficient (Wildman–Crippen LogP) is 2.76. The van der Waals surface area contributed by atoms with Gasteiger partial charge in [0.05, 0.1) is 0 Å². The summed E-state index contributed by atoms with van der Waals surface area (Å²) in [7, 11) is 1.91. The van der Waals surface area contributed by atoms with Gasteiger partial charge in [-0.2, -0.15) is 0 Å². The van der Waals surface area contributed by atoms with E-state index in [4.69, 9.17) is 23.2 Å². The zero-order valence-corrected chi connectivity index (χ0v) is 8.41. The van der Waals surface area contributed by atoms with Gasteiger partial charge in [0.25, 0.3) is 0 Å². The Morgan fingerprint density at radius 2 is 1.83 bits per heavy atom. The average Bonchev–Trinajstić information content (AvgIpc) is 2.04. The molecule has 0 heterocycles. The van der Waals surface area contributed by atoms with Gasteiger partial charge in [0.15, 0.2) is 0 Å². The zero-order valence-electron chi connectivity index (χ0n) is 6.90. The van der Waals surface area contributed by atoms with Gasteiger partial charge in [-0.25, -0.2) is 0 Å². The maximum atomic E-state index is 5.95. The highest BCUT2D eigenvalue weighted by molar-refractivity contribution is 6.35. The quantitative estimate of drug-likeness (QED) is 0.798. The number of rotatable bonds is 3. The van der Waals surface area contributed by atoms with Crippen molar-refractivity contribution in [1.82, 2.24) is 5.32 Å². The average molecular weight is 204 g/mol. The summed E-state index contributed by atoms with van der Waals surface area (Å²) in [5.74, 6) is 0. The van der Waals surface area contributed by atoms with Gasteiger partial charge in [-0.05, 0) is 37.7 Å². The van der Waals surface area contributed by atoms with E-state index in [1.54, 1.807) is 0 Å². The zero-order chi connectivity index (χ0) is 8.97. The molecule has 0 atom stereocenters. The van der Waals surface area contributed by atoms with Gasteiger partial charge in [0.1, 0.15) is 0 Å². The van der Waals surface area contributed by atoms with Crippen molar-refractivity contribution in [3.05, 3.63) is 33.8 Å². The van der Waals surface area contributed by atoms with Crippen molar-refractivity contribution in [1.29, 1.82) is 0 Å². The number of benzene rings is 1. The largest absolute Gasteiger partial charge is 0.319 e. The molecule has 0 radical (unpaired) electrons. The van der Waals surface area contributed by atoms with Gasteiger partial charge in [0, 0.05) is 10.0 Å². The number of hydrogen-bond acceptors (Lipinski definition) is 1. The fourth-order valence-corrected chi connectivity index (χ4v) is 1.61. The molecule has 0 aromatic heterocycles. The smallest absolute Gasteiger partial charge is 0.0453 e. The van der Waals surface area contributed by atoms with E-state index in [1.165, 1.54) is 0 Å². The van der Waals surface area contributed by atoms with Gasteiger partial charge in [0.2, 0.25) is 0 Å². The summed E-state index contributed by atoms with van der Waals surface area (Å²) >= 11 is 11.9. The Hall–Kier alpha value is -0.240. The number of halogens is 2. The van der Waals surface area contributed by atoms with Crippen molar-refractivity contribution in [3.8, 4) is 0 Å². The molecule has 0 fully saturated rings. The van der Waals surface area contributed by atoms with E-state index in [1.807, 2.05) is 25.2 Å². The van der Waals surface area contributed by atoms with Crippen LogP contribution in [0.2, 0.25) is 10.0 Å². The first kappa shape index (κ1) is 9.85. The van der Waals surface area contributed by atoms with E-state index in [0.29, 0.717) is 0 Å². The summed E-state index contributed by atoms with van der Waals surface area (Å²) in [6.45, 7) is 0.892. The molecule has 0 saturated heterocycles. The molecule has 0 amide bonds. The van der Waals surface area contributed by atoms with E-state index in [-0.39, 0.29) is 0 Å². The van der Waals surface area contributed by atoms with Crippen LogP contribution in [0.15, 0.2) is 18.2 Å². The van der Waals surface area contributed by atoms with Gasteiger partial charge in [-0.15, -0.1) is 0 Å². The molecular formula is C9H11Cl2N. The van der Waals surface area contributed by atoms with E-state index >= 15 is 0 Å². The Kier molecular flexibility index (Phi) is 3.86. The Morgan fingerprint density at radius 1 is 1.25 bits per heavy atom. The summed E-state index contributed by atoms with van der Waals surface area (Å²) in [5.41, 5.74) is 1.02. The second kappa shape index (κ2) is 4.70. The Bertz CT molecular complexity index is 240. The minimum atomic E-state index is 0.748. The van der Waals surface area contributed by atoms with Crippen LogP contribution in [0.4, 0.5) is 0 Å². The van der Waals surface area contributed by atoms with Gasteiger partial charge in [-0.1, -0.05) is 29.3 Å². The van der Waals surface area contributed by atoms with Crippen LogP contribution in [0.1, 0.15) is 5.56 Å². The molecule has 1 N–H and O–H groups in total. The molecule has 0 bridgehead atoms. The summed E-state index contributed by atoms with van der Waals surface area (Å²) < 4.78 is 0. The molecular weight excluding hydrogens is 193 g/mol. The van der Waals surface area contributed by atoms with Crippen LogP contribution >= 0.6 is 23.2 Å².